The zero-order chi connectivity index (χ0) is 16.1. The maximum atomic E-state index is 12.6. The molecule has 0 saturated carbocycles. The number of amides is 2. The first-order valence-electron chi connectivity index (χ1n) is 7.47. The maximum absolute atomic E-state index is 12.6. The molecule has 1 aliphatic heterocycles. The molecular formula is C14H25F3N2O2. The van der Waals surface area contributed by atoms with Crippen molar-refractivity contribution in [2.75, 3.05) is 19.6 Å². The van der Waals surface area contributed by atoms with Gasteiger partial charge in [0.1, 0.15) is 0 Å². The van der Waals surface area contributed by atoms with E-state index in [0.29, 0.717) is 12.5 Å². The largest absolute Gasteiger partial charge is 0.417 e. The van der Waals surface area contributed by atoms with E-state index in [1.807, 2.05) is 0 Å². The second-order valence-electron chi connectivity index (χ2n) is 6.14. The predicted octanol–water partition coefficient (Wildman–Crippen LogP) is 2.91. The Morgan fingerprint density at radius 1 is 1.29 bits per heavy atom. The van der Waals surface area contributed by atoms with Gasteiger partial charge in [0.25, 0.3) is 0 Å². The van der Waals surface area contributed by atoms with E-state index in [9.17, 15) is 23.1 Å². The third kappa shape index (κ3) is 5.37. The Balaban J connectivity index is 2.26. The molecule has 0 unspecified atom stereocenters. The molecule has 0 radical (unpaired) electrons. The van der Waals surface area contributed by atoms with Crippen LogP contribution >= 0.6 is 0 Å². The minimum absolute atomic E-state index is 0.0756. The zero-order valence-corrected chi connectivity index (χ0v) is 12.7. The number of rotatable bonds is 5. The summed E-state index contributed by atoms with van der Waals surface area (Å²) in [5, 5.41) is 12.2. The van der Waals surface area contributed by atoms with E-state index in [1.165, 1.54) is 4.90 Å². The van der Waals surface area contributed by atoms with Crippen molar-refractivity contribution < 1.29 is 23.1 Å². The first-order valence-corrected chi connectivity index (χ1v) is 7.47. The van der Waals surface area contributed by atoms with Crippen LogP contribution in [0.5, 0.6) is 0 Å². The fraction of sp³-hybridized carbons (Fsp3) is 0.929. The lowest BCUT2D eigenvalue weighted by atomic mass is 9.91. The summed E-state index contributed by atoms with van der Waals surface area (Å²) in [6.45, 7) is 4.65. The minimum Gasteiger partial charge on any atom is -0.380 e. The van der Waals surface area contributed by atoms with E-state index in [-0.39, 0.29) is 19.1 Å². The SMILES string of the molecule is CC(C)CCCCNC(=O)N1CCC(O)(C(F)(F)F)CC1. The van der Waals surface area contributed by atoms with E-state index in [4.69, 9.17) is 0 Å². The summed E-state index contributed by atoms with van der Waals surface area (Å²) in [6, 6.07) is -0.344. The molecule has 0 aromatic heterocycles. The summed E-state index contributed by atoms with van der Waals surface area (Å²) in [5.41, 5.74) is -2.65. The van der Waals surface area contributed by atoms with E-state index >= 15 is 0 Å². The summed E-state index contributed by atoms with van der Waals surface area (Å²) < 4.78 is 37.9. The van der Waals surface area contributed by atoms with Gasteiger partial charge in [0.15, 0.2) is 5.60 Å². The number of alkyl halides is 3. The first kappa shape index (κ1) is 18.1. The van der Waals surface area contributed by atoms with Crippen molar-refractivity contribution >= 4 is 6.03 Å². The molecule has 2 amide bonds. The van der Waals surface area contributed by atoms with Crippen molar-refractivity contribution in [1.82, 2.24) is 10.2 Å². The van der Waals surface area contributed by atoms with Crippen molar-refractivity contribution in [3.8, 4) is 0 Å². The van der Waals surface area contributed by atoms with Crippen molar-refractivity contribution in [3.05, 3.63) is 0 Å². The van der Waals surface area contributed by atoms with Gasteiger partial charge in [0, 0.05) is 32.5 Å². The number of carbonyl (C=O) groups is 1. The lowest BCUT2D eigenvalue weighted by Gasteiger charge is -2.39. The highest BCUT2D eigenvalue weighted by atomic mass is 19.4. The van der Waals surface area contributed by atoms with Crippen molar-refractivity contribution in [2.45, 2.75) is 57.7 Å². The predicted molar refractivity (Wildman–Crippen MR) is 73.9 cm³/mol. The van der Waals surface area contributed by atoms with Gasteiger partial charge in [0.05, 0.1) is 0 Å². The van der Waals surface area contributed by atoms with Gasteiger partial charge in [-0.2, -0.15) is 13.2 Å². The van der Waals surface area contributed by atoms with Crippen LogP contribution < -0.4 is 5.32 Å². The smallest absolute Gasteiger partial charge is 0.380 e. The standard InChI is InChI=1S/C14H25F3N2O2/c1-11(2)5-3-4-8-18-12(20)19-9-6-13(21,7-10-19)14(15,16)17/h11,21H,3-10H2,1-2H3,(H,18,20). The number of nitrogens with zero attached hydrogens (tertiary/aromatic N) is 1. The van der Waals surface area contributed by atoms with Crippen LogP contribution in [0.3, 0.4) is 0 Å². The third-order valence-corrected chi connectivity index (χ3v) is 3.89. The Morgan fingerprint density at radius 3 is 2.33 bits per heavy atom. The van der Waals surface area contributed by atoms with Crippen molar-refractivity contribution in [2.24, 2.45) is 5.92 Å². The topological polar surface area (TPSA) is 52.6 Å². The molecule has 0 atom stereocenters. The molecule has 1 aliphatic rings. The van der Waals surface area contributed by atoms with Gasteiger partial charge >= 0.3 is 12.2 Å². The second kappa shape index (κ2) is 7.33. The average Bonchev–Trinajstić information content (AvgIpc) is 2.37. The monoisotopic (exact) mass is 310 g/mol. The van der Waals surface area contributed by atoms with Crippen molar-refractivity contribution in [1.29, 1.82) is 0 Å². The van der Waals surface area contributed by atoms with E-state index in [2.05, 4.69) is 19.2 Å². The van der Waals surface area contributed by atoms with Crippen LogP contribution in [0.1, 0.15) is 46.0 Å². The van der Waals surface area contributed by atoms with Crippen LogP contribution in [-0.4, -0.2) is 47.4 Å². The number of urea groups is 1. The fourth-order valence-electron chi connectivity index (χ4n) is 2.35. The molecular weight excluding hydrogens is 285 g/mol. The molecule has 4 nitrogen and oxygen atoms in total. The summed E-state index contributed by atoms with van der Waals surface area (Å²) in [7, 11) is 0. The quantitative estimate of drug-likeness (QED) is 0.767. The van der Waals surface area contributed by atoms with Gasteiger partial charge in [-0.1, -0.05) is 26.7 Å². The summed E-state index contributed by atoms with van der Waals surface area (Å²) in [5.74, 6) is 0.628. The van der Waals surface area contributed by atoms with Crippen LogP contribution in [0.2, 0.25) is 0 Å². The number of unbranched alkanes of at least 4 members (excludes halogenated alkanes) is 1. The Morgan fingerprint density at radius 2 is 1.86 bits per heavy atom. The Bertz CT molecular complexity index is 338. The Kier molecular flexibility index (Phi) is 6.31. The lowest BCUT2D eigenvalue weighted by molar-refractivity contribution is -0.271. The molecule has 0 spiro atoms. The molecule has 1 rings (SSSR count). The van der Waals surface area contributed by atoms with Gasteiger partial charge in [-0.05, 0) is 12.3 Å². The molecule has 0 aliphatic carbocycles. The number of piperidine rings is 1. The maximum Gasteiger partial charge on any atom is 0.417 e. The summed E-state index contributed by atoms with van der Waals surface area (Å²) >= 11 is 0. The van der Waals surface area contributed by atoms with Crippen LogP contribution in [-0.2, 0) is 0 Å². The molecule has 7 heteroatoms. The van der Waals surface area contributed by atoms with Gasteiger partial charge < -0.3 is 15.3 Å². The number of halogens is 3. The molecule has 1 heterocycles. The molecule has 0 aromatic rings. The van der Waals surface area contributed by atoms with Crippen molar-refractivity contribution in [3.63, 3.8) is 0 Å². The fourth-order valence-corrected chi connectivity index (χ4v) is 2.35. The average molecular weight is 310 g/mol. The first-order chi connectivity index (χ1) is 9.66. The summed E-state index contributed by atoms with van der Waals surface area (Å²) in [6.07, 6.45) is -2.57. The van der Waals surface area contributed by atoms with E-state index in [0.717, 1.165) is 19.3 Å². The highest BCUT2D eigenvalue weighted by Gasteiger charge is 2.54. The molecule has 2 N–H and O–H groups in total. The number of hydrogen-bond donors (Lipinski definition) is 2. The molecule has 1 fully saturated rings. The van der Waals surface area contributed by atoms with E-state index in [1.54, 1.807) is 0 Å². The molecule has 21 heavy (non-hydrogen) atoms. The highest BCUT2D eigenvalue weighted by Crippen LogP contribution is 2.38. The molecule has 0 aromatic carbocycles. The second-order valence-corrected chi connectivity index (χ2v) is 6.14. The van der Waals surface area contributed by atoms with Crippen LogP contribution in [0.15, 0.2) is 0 Å². The number of hydrogen-bond acceptors (Lipinski definition) is 2. The molecule has 0 bridgehead atoms. The number of nitrogens with one attached hydrogen (secondary N) is 1. The Labute approximate surface area is 123 Å². The van der Waals surface area contributed by atoms with Gasteiger partial charge in [-0.3, -0.25) is 0 Å². The van der Waals surface area contributed by atoms with E-state index < -0.39 is 24.6 Å². The number of likely N-dealkylation sites (tertiary alicyclic amines) is 1. The lowest BCUT2D eigenvalue weighted by Crippen LogP contribution is -2.55. The third-order valence-electron chi connectivity index (χ3n) is 3.89. The minimum atomic E-state index is -4.63. The van der Waals surface area contributed by atoms with Gasteiger partial charge in [-0.25, -0.2) is 4.79 Å². The summed E-state index contributed by atoms with van der Waals surface area (Å²) in [4.78, 5) is 13.1. The number of carbonyl (C=O) groups excluding carboxylic acids is 1. The zero-order valence-electron chi connectivity index (χ0n) is 12.7. The van der Waals surface area contributed by atoms with Crippen LogP contribution in [0.4, 0.5) is 18.0 Å². The molecule has 124 valence electrons. The number of aliphatic hydroxyl groups is 1. The van der Waals surface area contributed by atoms with Crippen LogP contribution in [0.25, 0.3) is 0 Å². The normalized spacial score (nSPS) is 18.9. The van der Waals surface area contributed by atoms with Crippen LogP contribution in [0, 0.1) is 5.92 Å². The molecule has 1 saturated heterocycles. The van der Waals surface area contributed by atoms with Gasteiger partial charge in [0.2, 0.25) is 0 Å². The van der Waals surface area contributed by atoms with Gasteiger partial charge in [-0.15, -0.1) is 0 Å². The Hall–Kier alpha value is -0.980. The highest BCUT2D eigenvalue weighted by molar-refractivity contribution is 5.74.